The molecule has 5 heavy (non-hydrogen) atoms. The van der Waals surface area contributed by atoms with E-state index in [4.69, 9.17) is 3.57 Å². The molecular weight excluding hydrogens is 117 g/mol. The van der Waals surface area contributed by atoms with Gasteiger partial charge in [0.15, 0.2) is 0 Å². The van der Waals surface area contributed by atoms with Crippen LogP contribution in [0, 0.1) is 14.0 Å². The van der Waals surface area contributed by atoms with Crippen LogP contribution in [-0.4, -0.2) is 0 Å². The third-order valence-electron chi connectivity index (χ3n) is 0. The van der Waals surface area contributed by atoms with Crippen LogP contribution in [0.4, 0.5) is 0 Å². The van der Waals surface area contributed by atoms with Crippen LogP contribution in [0.3, 0.4) is 0 Å². The van der Waals surface area contributed by atoms with Gasteiger partial charge in [-0.15, -0.1) is 0 Å². The summed E-state index contributed by atoms with van der Waals surface area (Å²) >= 11 is 0.125. The van der Waals surface area contributed by atoms with Crippen LogP contribution in [0.1, 0.15) is 0 Å². The summed E-state index contributed by atoms with van der Waals surface area (Å²) in [5.41, 5.74) is 0. The molecule has 0 saturated carbocycles. The molecule has 28 valence electrons. The van der Waals surface area contributed by atoms with Crippen LogP contribution in [0.15, 0.2) is 6.58 Å². The van der Waals surface area contributed by atoms with Gasteiger partial charge in [0.05, 0.1) is 0 Å². The fraction of sp³-hybridized carbons (Fsp3) is 0. The molecule has 0 heterocycles. The minimum absolute atomic E-state index is 0. The van der Waals surface area contributed by atoms with E-state index < -0.39 is 0 Å². The molecule has 0 amide bonds. The topological polar surface area (TPSA) is 17.1 Å². The first kappa shape index (κ1) is 19.1. The van der Waals surface area contributed by atoms with Gasteiger partial charge in [0.2, 0.25) is 0 Å². The molecule has 0 aromatic rings. The Morgan fingerprint density at radius 3 is 1.40 bits per heavy atom. The van der Waals surface area contributed by atoms with Crippen molar-refractivity contribution in [2.45, 2.75) is 0 Å². The van der Waals surface area contributed by atoms with Gasteiger partial charge in [-0.25, -0.2) is 0 Å². The van der Waals surface area contributed by atoms with E-state index in [1.165, 1.54) is 0 Å². The van der Waals surface area contributed by atoms with E-state index in [0.29, 0.717) is 0 Å². The van der Waals surface area contributed by atoms with Gasteiger partial charge in [-0.05, 0) is 0 Å². The second kappa shape index (κ2) is 1560. The predicted molar refractivity (Wildman–Crippen MR) is 17.0 cm³/mol. The summed E-state index contributed by atoms with van der Waals surface area (Å²) in [6, 6.07) is 0. The van der Waals surface area contributed by atoms with Gasteiger partial charge in [-0.2, -0.15) is 0 Å². The van der Waals surface area contributed by atoms with E-state index >= 15 is 0 Å². The molecule has 0 aliphatic heterocycles. The Balaban J connectivity index is -0.0000000133. The van der Waals surface area contributed by atoms with Crippen molar-refractivity contribution in [2.24, 2.45) is 0 Å². The van der Waals surface area contributed by atoms with Gasteiger partial charge < -0.3 is 14.0 Å². The van der Waals surface area contributed by atoms with Crippen molar-refractivity contribution >= 4 is 0 Å². The Morgan fingerprint density at radius 2 is 1.40 bits per heavy atom. The molecule has 0 fully saturated rings. The average Bonchev–Trinajstić information content (AvgIpc) is 1.50. The van der Waals surface area contributed by atoms with Crippen LogP contribution in [0.5, 0.6) is 0 Å². The van der Waals surface area contributed by atoms with Crippen LogP contribution >= 0.6 is 0 Å². The van der Waals surface area contributed by atoms with Crippen molar-refractivity contribution in [3.8, 4) is 0 Å². The Kier molecular flexibility index (Phi) is 5970. The molecule has 0 saturated heterocycles. The van der Waals surface area contributed by atoms with Gasteiger partial charge in [-0.1, -0.05) is 0 Å². The molecule has 0 aliphatic carbocycles. The van der Waals surface area contributed by atoms with Crippen molar-refractivity contribution in [1.29, 1.82) is 0 Å². The summed E-state index contributed by atoms with van der Waals surface area (Å²) in [7, 11) is 0. The molecule has 0 N–H and O–H groups in total. The molecule has 0 rings (SSSR count). The van der Waals surface area contributed by atoms with E-state index in [9.17, 15) is 0 Å². The summed E-state index contributed by atoms with van der Waals surface area (Å²) < 4.78 is 8.38. The van der Waals surface area contributed by atoms with E-state index in [0.717, 1.165) is 0 Å². The second-order valence-electron chi connectivity index (χ2n) is 0. The Bertz CT molecular complexity index is 8.85. The first-order valence-corrected chi connectivity index (χ1v) is 1.91. The number of rotatable bonds is 0. The normalized spacial score (nSPS) is 2.00. The first-order valence-electron chi connectivity index (χ1n) is 0.697. The molecule has 0 aromatic carbocycles. The minimum atomic E-state index is 0. The maximum atomic E-state index is 8.38. The quantitative estimate of drug-likeness (QED) is 0.346. The summed E-state index contributed by atoms with van der Waals surface area (Å²) in [6.45, 7) is 7.00. The second-order valence-corrected chi connectivity index (χ2v) is 0. The predicted octanol–water partition coefficient (Wildman–Crippen LogP) is 0.934. The maximum absolute atomic E-state index is 8.38. The van der Waals surface area contributed by atoms with Gasteiger partial charge >= 0.3 is 21.8 Å². The third kappa shape index (κ3) is 730. The van der Waals surface area contributed by atoms with Gasteiger partial charge in [0, 0.05) is 0 Å². The van der Waals surface area contributed by atoms with Gasteiger partial charge in [0.25, 0.3) is 0 Å². The molecule has 0 spiro atoms. The third-order valence-corrected chi connectivity index (χ3v) is 0. The summed E-state index contributed by atoms with van der Waals surface area (Å²) in [5.74, 6) is 0. The Hall–Kier alpha value is 0.163. The van der Waals surface area contributed by atoms with Crippen LogP contribution in [-0.2, 0) is 21.8 Å². The van der Waals surface area contributed by atoms with E-state index in [2.05, 4.69) is 13.2 Å². The van der Waals surface area contributed by atoms with Crippen LogP contribution < -0.4 is 0 Å². The van der Waals surface area contributed by atoms with E-state index in [1.54, 1.807) is 0 Å². The fourth-order valence-corrected chi connectivity index (χ4v) is 0. The molecule has 0 atom stereocenters. The molecule has 0 bridgehead atoms. The zero-order valence-electron chi connectivity index (χ0n) is 3.40. The van der Waals surface area contributed by atoms with Crippen molar-refractivity contribution < 1.29 is 21.8 Å². The number of hydrogen-bond acceptors (Lipinski definition) is 1. The average molecular weight is 123 g/mol. The van der Waals surface area contributed by atoms with Crippen molar-refractivity contribution in [2.75, 3.05) is 0 Å². The molecule has 2 heteroatoms. The van der Waals surface area contributed by atoms with Crippen LogP contribution in [0.25, 0.3) is 0 Å². The van der Waals surface area contributed by atoms with E-state index in [-0.39, 0.29) is 25.7 Å². The Labute approximate surface area is 43.0 Å². The number of hydrogen-bond donors (Lipinski definition) is 0. The molecule has 1 nitrogen and oxygen atoms in total. The Morgan fingerprint density at radius 1 is 1.40 bits per heavy atom. The summed E-state index contributed by atoms with van der Waals surface area (Å²) in [6.07, 6.45) is 0. The zero-order chi connectivity index (χ0) is 4.00. The van der Waals surface area contributed by atoms with E-state index in [1.807, 2.05) is 0 Å². The van der Waals surface area contributed by atoms with Crippen LogP contribution in [0.2, 0.25) is 0 Å². The summed E-state index contributed by atoms with van der Waals surface area (Å²) in [4.78, 5) is 0. The first-order chi connectivity index (χ1) is 2.00. The van der Waals surface area contributed by atoms with Crippen molar-refractivity contribution in [3.05, 3.63) is 20.6 Å². The monoisotopic (exact) mass is 122 g/mol. The zero-order valence-corrected chi connectivity index (χ0v) is 6.37. The molecule has 0 unspecified atom stereocenters. The van der Waals surface area contributed by atoms with Gasteiger partial charge in [-0.3, -0.25) is 6.58 Å². The summed E-state index contributed by atoms with van der Waals surface area (Å²) in [5, 5.41) is 0. The molecule has 0 aliphatic rings. The fourth-order valence-electron chi connectivity index (χ4n) is 0. The van der Waals surface area contributed by atoms with Crippen molar-refractivity contribution in [3.63, 3.8) is 0 Å². The standard InChI is InChI=1S/C2H3.CH3.O.Zn/c1-2;;;/h1H,2H2;1H3;;/q2*-1;;. The molecule has 0 aromatic heterocycles. The van der Waals surface area contributed by atoms with Gasteiger partial charge in [0.1, 0.15) is 0 Å². The molecule has 0 radical (unpaired) electrons. The van der Waals surface area contributed by atoms with Crippen molar-refractivity contribution in [1.82, 2.24) is 0 Å². The SMILES string of the molecule is [CH-]=C.[CH3-].[O]=[Zn]. The molecular formula is C3H6OZn-2.